The van der Waals surface area contributed by atoms with Crippen molar-refractivity contribution in [1.82, 2.24) is 0 Å². The first-order valence-corrected chi connectivity index (χ1v) is 4.82. The summed E-state index contributed by atoms with van der Waals surface area (Å²) in [6.45, 7) is 2.62. The number of allylic oxidation sites excluding steroid dienone is 1. The summed E-state index contributed by atoms with van der Waals surface area (Å²) in [6, 6.07) is 7.88. The Hall–Kier alpha value is -1.90. The van der Waals surface area contributed by atoms with Crippen LogP contribution < -0.4 is 0 Å². The van der Waals surface area contributed by atoms with E-state index in [0.717, 1.165) is 16.9 Å². The quantitative estimate of drug-likeness (QED) is 0.672. The number of hydrogen-bond donors (Lipinski definition) is 0. The third kappa shape index (κ3) is 2.53. The molecule has 0 bridgehead atoms. The summed E-state index contributed by atoms with van der Waals surface area (Å²) in [5.74, 6) is 0. The number of nitrogens with zero attached hydrogens (tertiary/aromatic N) is 2. The highest BCUT2D eigenvalue weighted by molar-refractivity contribution is 5.44. The molecule has 0 saturated carbocycles. The summed E-state index contributed by atoms with van der Waals surface area (Å²) in [7, 11) is 0. The van der Waals surface area contributed by atoms with Crippen molar-refractivity contribution in [3.63, 3.8) is 0 Å². The molecule has 1 aromatic carbocycles. The molecule has 1 aromatic rings. The molecule has 76 valence electrons. The van der Waals surface area contributed by atoms with Gasteiger partial charge in [0.1, 0.15) is 18.6 Å². The van der Waals surface area contributed by atoms with E-state index in [1.807, 2.05) is 43.3 Å². The van der Waals surface area contributed by atoms with E-state index >= 15 is 0 Å². The Labute approximate surface area is 88.8 Å². The Kier molecular flexibility index (Phi) is 2.93. The van der Waals surface area contributed by atoms with E-state index < -0.39 is 0 Å². The van der Waals surface area contributed by atoms with Crippen LogP contribution in [0.15, 0.2) is 58.6 Å². The topological polar surface area (TPSA) is 34.0 Å². The fraction of sp³-hybridized carbons (Fsp3) is 0.167. The third-order valence-electron chi connectivity index (χ3n) is 2.07. The van der Waals surface area contributed by atoms with E-state index in [1.54, 1.807) is 6.26 Å². The van der Waals surface area contributed by atoms with E-state index in [-0.39, 0.29) is 0 Å². The lowest BCUT2D eigenvalue weighted by Gasteiger charge is -2.02. The smallest absolute Gasteiger partial charge is 0.120 e. The lowest BCUT2D eigenvalue weighted by Crippen LogP contribution is -1.88. The minimum absolute atomic E-state index is 0.614. The second-order valence-electron chi connectivity index (χ2n) is 3.26. The first-order chi connectivity index (χ1) is 7.36. The Bertz CT molecular complexity index is 433. The number of azo groups is 1. The van der Waals surface area contributed by atoms with Gasteiger partial charge in [0, 0.05) is 0 Å². The van der Waals surface area contributed by atoms with E-state index in [9.17, 15) is 0 Å². The first-order valence-electron chi connectivity index (χ1n) is 4.82. The lowest BCUT2D eigenvalue weighted by molar-refractivity contribution is 0.282. The second-order valence-corrected chi connectivity index (χ2v) is 3.26. The number of benzene rings is 1. The minimum atomic E-state index is 0.614. The molecule has 1 heterocycles. The van der Waals surface area contributed by atoms with Gasteiger partial charge in [-0.2, -0.15) is 5.11 Å². The van der Waals surface area contributed by atoms with Gasteiger partial charge in [0.15, 0.2) is 0 Å². The van der Waals surface area contributed by atoms with Gasteiger partial charge in [-0.3, -0.25) is 0 Å². The molecule has 0 saturated heterocycles. The van der Waals surface area contributed by atoms with Gasteiger partial charge < -0.3 is 4.74 Å². The summed E-state index contributed by atoms with van der Waals surface area (Å²) in [5, 5.41) is 8.24. The molecule has 0 unspecified atom stereocenters. The normalized spacial score (nSPS) is 15.1. The van der Waals surface area contributed by atoms with Gasteiger partial charge in [0.05, 0.1) is 5.69 Å². The highest BCUT2D eigenvalue weighted by atomic mass is 16.5. The number of hydrogen-bond acceptors (Lipinski definition) is 3. The summed E-state index contributed by atoms with van der Waals surface area (Å²) in [4.78, 5) is 0. The summed E-state index contributed by atoms with van der Waals surface area (Å²) in [6.07, 6.45) is 5.42. The number of ether oxygens (including phenoxy) is 1. The highest BCUT2D eigenvalue weighted by Crippen LogP contribution is 2.19. The zero-order chi connectivity index (χ0) is 10.5. The molecule has 1 aliphatic rings. The molecule has 1 aliphatic heterocycles. The van der Waals surface area contributed by atoms with Crippen molar-refractivity contribution in [3.8, 4) is 0 Å². The molecule has 0 aliphatic carbocycles. The predicted molar refractivity (Wildman–Crippen MR) is 58.9 cm³/mol. The van der Waals surface area contributed by atoms with Crippen molar-refractivity contribution < 1.29 is 4.74 Å². The molecule has 0 amide bonds. The Balaban J connectivity index is 2.15. The van der Waals surface area contributed by atoms with Crippen LogP contribution >= 0.6 is 0 Å². The van der Waals surface area contributed by atoms with Crippen molar-refractivity contribution in [2.75, 3.05) is 6.61 Å². The largest absolute Gasteiger partial charge is 0.495 e. The van der Waals surface area contributed by atoms with Crippen LogP contribution in [0.4, 0.5) is 5.69 Å². The second kappa shape index (κ2) is 4.55. The number of rotatable bonds is 2. The molecule has 3 nitrogen and oxygen atoms in total. The molecule has 0 spiro atoms. The monoisotopic (exact) mass is 200 g/mol. The maximum Gasteiger partial charge on any atom is 0.120 e. The molecule has 0 aromatic heterocycles. The van der Waals surface area contributed by atoms with Crippen LogP contribution in [0.3, 0.4) is 0 Å². The lowest BCUT2D eigenvalue weighted by atomic mass is 10.2. The fourth-order valence-electron chi connectivity index (χ4n) is 1.24. The Morgan fingerprint density at radius 2 is 2.07 bits per heavy atom. The molecule has 0 fully saturated rings. The predicted octanol–water partition coefficient (Wildman–Crippen LogP) is 3.51. The molecule has 3 heteroatoms. The van der Waals surface area contributed by atoms with Crippen molar-refractivity contribution in [2.45, 2.75) is 6.92 Å². The van der Waals surface area contributed by atoms with E-state index in [1.165, 1.54) is 0 Å². The number of aryl methyl sites for hydroxylation is 1. The van der Waals surface area contributed by atoms with E-state index in [4.69, 9.17) is 4.74 Å². The van der Waals surface area contributed by atoms with Gasteiger partial charge in [0.25, 0.3) is 0 Å². The standard InChI is InChI=1S/C12H12N2O/c1-10-5-2-3-7-12(10)14-13-11-6-4-8-15-9-11/h2-7,9H,8H2,1H3. The molecule has 0 radical (unpaired) electrons. The van der Waals surface area contributed by atoms with Gasteiger partial charge in [-0.15, -0.1) is 5.11 Å². The Morgan fingerprint density at radius 3 is 2.80 bits per heavy atom. The van der Waals surface area contributed by atoms with Gasteiger partial charge in [-0.1, -0.05) is 18.2 Å². The van der Waals surface area contributed by atoms with Crippen LogP contribution in [0.25, 0.3) is 0 Å². The Morgan fingerprint density at radius 1 is 1.20 bits per heavy atom. The van der Waals surface area contributed by atoms with Crippen LogP contribution in [0.5, 0.6) is 0 Å². The maximum absolute atomic E-state index is 5.10. The first kappa shape index (κ1) is 9.65. The van der Waals surface area contributed by atoms with E-state index in [2.05, 4.69) is 10.2 Å². The molecule has 2 rings (SSSR count). The summed E-state index contributed by atoms with van der Waals surface area (Å²) in [5.41, 5.74) is 2.74. The molecular formula is C12H12N2O. The SMILES string of the molecule is Cc1ccccc1N=NC1=COCC=C1. The molecular weight excluding hydrogens is 188 g/mol. The molecule has 0 N–H and O–H groups in total. The maximum atomic E-state index is 5.10. The van der Waals surface area contributed by atoms with Crippen LogP contribution in [0.1, 0.15) is 5.56 Å². The fourth-order valence-corrected chi connectivity index (χ4v) is 1.24. The van der Waals surface area contributed by atoms with Crippen molar-refractivity contribution in [2.24, 2.45) is 10.2 Å². The van der Waals surface area contributed by atoms with Crippen molar-refractivity contribution in [3.05, 3.63) is 53.9 Å². The average molecular weight is 200 g/mol. The van der Waals surface area contributed by atoms with Crippen molar-refractivity contribution in [1.29, 1.82) is 0 Å². The zero-order valence-electron chi connectivity index (χ0n) is 8.55. The van der Waals surface area contributed by atoms with Crippen LogP contribution in [0, 0.1) is 6.92 Å². The molecule has 15 heavy (non-hydrogen) atoms. The average Bonchev–Trinajstić information content (AvgIpc) is 2.29. The summed E-state index contributed by atoms with van der Waals surface area (Å²) < 4.78 is 5.10. The zero-order valence-corrected chi connectivity index (χ0v) is 8.55. The minimum Gasteiger partial charge on any atom is -0.495 e. The van der Waals surface area contributed by atoms with Gasteiger partial charge >= 0.3 is 0 Å². The van der Waals surface area contributed by atoms with Crippen LogP contribution in [-0.4, -0.2) is 6.61 Å². The van der Waals surface area contributed by atoms with Gasteiger partial charge in [-0.25, -0.2) is 0 Å². The van der Waals surface area contributed by atoms with Gasteiger partial charge in [-0.05, 0) is 30.7 Å². The van der Waals surface area contributed by atoms with E-state index in [0.29, 0.717) is 6.61 Å². The summed E-state index contributed by atoms with van der Waals surface area (Å²) >= 11 is 0. The van der Waals surface area contributed by atoms with Gasteiger partial charge in [0.2, 0.25) is 0 Å². The van der Waals surface area contributed by atoms with Crippen LogP contribution in [0.2, 0.25) is 0 Å². The highest BCUT2D eigenvalue weighted by Gasteiger charge is 1.96. The third-order valence-corrected chi connectivity index (χ3v) is 2.07. The molecule has 0 atom stereocenters. The van der Waals surface area contributed by atoms with Crippen molar-refractivity contribution >= 4 is 5.69 Å². The van der Waals surface area contributed by atoms with Crippen LogP contribution in [-0.2, 0) is 4.74 Å².